The second-order valence-electron chi connectivity index (χ2n) is 6.97. The Bertz CT molecular complexity index is 928. The smallest absolute Gasteiger partial charge is 0.223 e. The Morgan fingerprint density at radius 2 is 2.07 bits per heavy atom. The predicted molar refractivity (Wildman–Crippen MR) is 108 cm³/mol. The van der Waals surface area contributed by atoms with Gasteiger partial charge >= 0.3 is 0 Å². The van der Waals surface area contributed by atoms with Crippen LogP contribution in [0.3, 0.4) is 0 Å². The molecule has 0 saturated carbocycles. The molecule has 4 heterocycles. The fourth-order valence-electron chi connectivity index (χ4n) is 3.47. The molecule has 0 atom stereocenters. The standard InChI is InChI=1S/C20H23N5O2S/c1-13-18(28-14(2)22-13)12-21-20(26)15-7-9-25(10-8-15)19-6-5-16(23-24-19)17-4-3-11-27-17/h3-6,11,15H,7-10,12H2,1-2H3,(H,21,26). The molecule has 0 bridgehead atoms. The molecule has 1 aliphatic rings. The first-order chi connectivity index (χ1) is 13.6. The Labute approximate surface area is 167 Å². The zero-order valence-electron chi connectivity index (χ0n) is 16.0. The van der Waals surface area contributed by atoms with E-state index >= 15 is 0 Å². The fourth-order valence-corrected chi connectivity index (χ4v) is 4.35. The van der Waals surface area contributed by atoms with Crippen molar-refractivity contribution in [2.24, 2.45) is 5.92 Å². The highest BCUT2D eigenvalue weighted by atomic mass is 32.1. The van der Waals surface area contributed by atoms with Gasteiger partial charge in [-0.15, -0.1) is 21.5 Å². The number of anilines is 1. The number of amides is 1. The van der Waals surface area contributed by atoms with E-state index in [0.29, 0.717) is 12.3 Å². The zero-order valence-corrected chi connectivity index (χ0v) is 16.8. The molecule has 7 nitrogen and oxygen atoms in total. The van der Waals surface area contributed by atoms with Gasteiger partial charge in [0.1, 0.15) is 5.69 Å². The molecule has 0 unspecified atom stereocenters. The van der Waals surface area contributed by atoms with E-state index in [1.54, 1.807) is 17.6 Å². The maximum atomic E-state index is 12.5. The first-order valence-electron chi connectivity index (χ1n) is 9.43. The van der Waals surface area contributed by atoms with E-state index in [1.807, 2.05) is 38.1 Å². The van der Waals surface area contributed by atoms with E-state index in [1.165, 1.54) is 0 Å². The summed E-state index contributed by atoms with van der Waals surface area (Å²) < 4.78 is 5.35. The minimum atomic E-state index is 0.0425. The van der Waals surface area contributed by atoms with Crippen molar-refractivity contribution < 1.29 is 9.21 Å². The van der Waals surface area contributed by atoms with E-state index in [2.05, 4.69) is 25.4 Å². The third-order valence-electron chi connectivity index (χ3n) is 5.04. The van der Waals surface area contributed by atoms with Crippen LogP contribution in [0.25, 0.3) is 11.5 Å². The molecule has 1 aliphatic heterocycles. The SMILES string of the molecule is Cc1nc(C)c(CNC(=O)C2CCN(c3ccc(-c4ccco4)nn3)CC2)s1. The van der Waals surface area contributed by atoms with Crippen LogP contribution in [0.15, 0.2) is 34.9 Å². The number of aryl methyl sites for hydroxylation is 2. The van der Waals surface area contributed by atoms with Crippen molar-refractivity contribution in [2.75, 3.05) is 18.0 Å². The van der Waals surface area contributed by atoms with Crippen LogP contribution in [0, 0.1) is 19.8 Å². The van der Waals surface area contributed by atoms with Crippen LogP contribution in [-0.4, -0.2) is 34.2 Å². The number of carbonyl (C=O) groups is 1. The number of nitrogens with zero attached hydrogens (tertiary/aromatic N) is 4. The third-order valence-corrected chi connectivity index (χ3v) is 6.11. The van der Waals surface area contributed by atoms with Crippen molar-refractivity contribution in [3.63, 3.8) is 0 Å². The summed E-state index contributed by atoms with van der Waals surface area (Å²) in [4.78, 5) is 20.2. The lowest BCUT2D eigenvalue weighted by molar-refractivity contribution is -0.125. The minimum Gasteiger partial charge on any atom is -0.463 e. The van der Waals surface area contributed by atoms with Crippen molar-refractivity contribution in [1.82, 2.24) is 20.5 Å². The van der Waals surface area contributed by atoms with Gasteiger partial charge < -0.3 is 14.6 Å². The first kappa shape index (κ1) is 18.6. The summed E-state index contributed by atoms with van der Waals surface area (Å²) in [7, 11) is 0. The molecule has 0 aromatic carbocycles. The number of carbonyl (C=O) groups excluding carboxylic acids is 1. The van der Waals surface area contributed by atoms with Crippen molar-refractivity contribution >= 4 is 23.1 Å². The van der Waals surface area contributed by atoms with Crippen LogP contribution in [-0.2, 0) is 11.3 Å². The van der Waals surface area contributed by atoms with Crippen molar-refractivity contribution in [3.8, 4) is 11.5 Å². The molecule has 1 fully saturated rings. The number of furan rings is 1. The van der Waals surface area contributed by atoms with Gasteiger partial charge in [-0.2, -0.15) is 0 Å². The number of piperidine rings is 1. The highest BCUT2D eigenvalue weighted by Gasteiger charge is 2.26. The van der Waals surface area contributed by atoms with E-state index < -0.39 is 0 Å². The highest BCUT2D eigenvalue weighted by Crippen LogP contribution is 2.24. The first-order valence-corrected chi connectivity index (χ1v) is 10.2. The van der Waals surface area contributed by atoms with Crippen LogP contribution in [0.1, 0.15) is 28.4 Å². The van der Waals surface area contributed by atoms with E-state index in [-0.39, 0.29) is 11.8 Å². The van der Waals surface area contributed by atoms with Crippen molar-refractivity contribution in [1.29, 1.82) is 0 Å². The maximum Gasteiger partial charge on any atom is 0.223 e. The molecule has 8 heteroatoms. The van der Waals surface area contributed by atoms with Crippen LogP contribution in [0.2, 0.25) is 0 Å². The molecule has 0 spiro atoms. The summed E-state index contributed by atoms with van der Waals surface area (Å²) in [5.74, 6) is 1.72. The average molecular weight is 398 g/mol. The molecule has 146 valence electrons. The highest BCUT2D eigenvalue weighted by molar-refractivity contribution is 7.11. The Morgan fingerprint density at radius 3 is 2.68 bits per heavy atom. The van der Waals surface area contributed by atoms with Gasteiger partial charge in [-0.25, -0.2) is 4.98 Å². The third kappa shape index (κ3) is 4.06. The van der Waals surface area contributed by atoms with Crippen molar-refractivity contribution in [2.45, 2.75) is 33.2 Å². The average Bonchev–Trinajstić information content (AvgIpc) is 3.36. The number of rotatable bonds is 5. The molecule has 1 saturated heterocycles. The van der Waals surface area contributed by atoms with Gasteiger partial charge in [0, 0.05) is 23.9 Å². The summed E-state index contributed by atoms with van der Waals surface area (Å²) >= 11 is 1.64. The van der Waals surface area contributed by atoms with Gasteiger partial charge in [-0.05, 0) is 51.0 Å². The van der Waals surface area contributed by atoms with Crippen LogP contribution in [0.5, 0.6) is 0 Å². The summed E-state index contributed by atoms with van der Waals surface area (Å²) in [6, 6.07) is 7.57. The van der Waals surface area contributed by atoms with Crippen molar-refractivity contribution in [3.05, 3.63) is 46.1 Å². The molecule has 0 radical (unpaired) electrons. The molecule has 1 N–H and O–H groups in total. The zero-order chi connectivity index (χ0) is 19.5. The fraction of sp³-hybridized carbons (Fsp3) is 0.400. The molecule has 0 aliphatic carbocycles. The summed E-state index contributed by atoms with van der Waals surface area (Å²) in [6.45, 7) is 6.14. The van der Waals surface area contributed by atoms with Crippen LogP contribution in [0.4, 0.5) is 5.82 Å². The van der Waals surface area contributed by atoms with Crippen LogP contribution < -0.4 is 10.2 Å². The summed E-state index contributed by atoms with van der Waals surface area (Å²) in [6.07, 6.45) is 3.25. The quantitative estimate of drug-likeness (QED) is 0.711. The Hall–Kier alpha value is -2.74. The largest absolute Gasteiger partial charge is 0.463 e. The maximum absolute atomic E-state index is 12.5. The van der Waals surface area contributed by atoms with Gasteiger partial charge in [0.25, 0.3) is 0 Å². The molecular formula is C20H23N5O2S. The van der Waals surface area contributed by atoms with E-state index in [0.717, 1.165) is 53.0 Å². The van der Waals surface area contributed by atoms with Crippen LogP contribution >= 0.6 is 11.3 Å². The Kier molecular flexibility index (Phi) is 5.38. The molecule has 28 heavy (non-hydrogen) atoms. The molecule has 3 aromatic heterocycles. The van der Waals surface area contributed by atoms with Gasteiger partial charge in [0.05, 0.1) is 23.5 Å². The van der Waals surface area contributed by atoms with E-state index in [9.17, 15) is 4.79 Å². The Balaban J connectivity index is 1.29. The van der Waals surface area contributed by atoms with Gasteiger partial charge in [-0.1, -0.05) is 0 Å². The summed E-state index contributed by atoms with van der Waals surface area (Å²) in [5, 5.41) is 12.7. The molecular weight excluding hydrogens is 374 g/mol. The lowest BCUT2D eigenvalue weighted by Gasteiger charge is -2.31. The monoisotopic (exact) mass is 397 g/mol. The van der Waals surface area contributed by atoms with Gasteiger partial charge in [0.2, 0.25) is 5.91 Å². The topological polar surface area (TPSA) is 84.2 Å². The van der Waals surface area contributed by atoms with E-state index in [4.69, 9.17) is 4.42 Å². The number of hydrogen-bond donors (Lipinski definition) is 1. The molecule has 1 amide bonds. The normalized spacial score (nSPS) is 15.0. The van der Waals surface area contributed by atoms with Gasteiger partial charge in [-0.3, -0.25) is 4.79 Å². The number of nitrogens with one attached hydrogen (secondary N) is 1. The lowest BCUT2D eigenvalue weighted by Crippen LogP contribution is -2.40. The lowest BCUT2D eigenvalue weighted by atomic mass is 9.96. The molecule has 3 aromatic rings. The van der Waals surface area contributed by atoms with Gasteiger partial charge in [0.15, 0.2) is 11.6 Å². The minimum absolute atomic E-state index is 0.0425. The molecule has 4 rings (SSSR count). The summed E-state index contributed by atoms with van der Waals surface area (Å²) in [5.41, 5.74) is 1.73. The second-order valence-corrected chi connectivity index (χ2v) is 8.26. The number of thiazole rings is 1. The number of hydrogen-bond acceptors (Lipinski definition) is 7. The second kappa shape index (κ2) is 8.10. The number of aromatic nitrogens is 3. The Morgan fingerprint density at radius 1 is 1.25 bits per heavy atom. The predicted octanol–water partition coefficient (Wildman–Crippen LogP) is 3.34.